The first kappa shape index (κ1) is 19.6. The first-order valence-corrected chi connectivity index (χ1v) is 11.0. The van der Waals surface area contributed by atoms with Gasteiger partial charge in [0.05, 0.1) is 5.92 Å². The third-order valence-electron chi connectivity index (χ3n) is 5.08. The first-order chi connectivity index (χ1) is 13.8. The molecule has 0 atom stereocenters. The normalized spacial score (nSPS) is 18.6. The highest BCUT2D eigenvalue weighted by atomic mass is 32.2. The fraction of sp³-hybridized carbons (Fsp3) is 0.474. The molecule has 0 amide bonds. The third-order valence-corrected chi connectivity index (χ3v) is 6.40. The molecular formula is C19H22N4O5S. The number of hydrogen-bond acceptors (Lipinski definition) is 8. The van der Waals surface area contributed by atoms with E-state index >= 15 is 0 Å². The third kappa shape index (κ3) is 3.89. The van der Waals surface area contributed by atoms with Gasteiger partial charge in [-0.25, -0.2) is 0 Å². The number of fused-ring (bicyclic) bond motifs is 1. The van der Waals surface area contributed by atoms with Crippen LogP contribution in [0.1, 0.15) is 49.9 Å². The van der Waals surface area contributed by atoms with Gasteiger partial charge >= 0.3 is 5.97 Å². The monoisotopic (exact) mass is 418 g/mol. The Labute approximate surface area is 168 Å². The molecule has 154 valence electrons. The van der Waals surface area contributed by atoms with Gasteiger partial charge in [-0.15, -0.1) is 4.40 Å². The second-order valence-corrected chi connectivity index (χ2v) is 9.03. The summed E-state index contributed by atoms with van der Waals surface area (Å²) in [5.41, 5.74) is 0.617. The molecule has 0 N–H and O–H groups in total. The highest BCUT2D eigenvalue weighted by Crippen LogP contribution is 2.30. The van der Waals surface area contributed by atoms with E-state index in [1.54, 1.807) is 24.3 Å². The van der Waals surface area contributed by atoms with E-state index in [0.717, 1.165) is 0 Å². The summed E-state index contributed by atoms with van der Waals surface area (Å²) in [4.78, 5) is 18.7. The van der Waals surface area contributed by atoms with Gasteiger partial charge in [0, 0.05) is 24.6 Å². The molecule has 2 aromatic rings. The molecule has 4 rings (SSSR count). The summed E-state index contributed by atoms with van der Waals surface area (Å²) in [6.07, 6.45) is 1.11. The van der Waals surface area contributed by atoms with Crippen LogP contribution >= 0.6 is 0 Å². The lowest BCUT2D eigenvalue weighted by Gasteiger charge is -2.32. The SMILES string of the molecule is CC(C)c1noc(COC(=O)C2CCN(C3=NS(=O)(=O)c4ccccc43)CC2)n1. The van der Waals surface area contributed by atoms with Crippen LogP contribution in [0.2, 0.25) is 0 Å². The summed E-state index contributed by atoms with van der Waals surface area (Å²) in [6.45, 7) is 4.91. The number of rotatable bonds is 4. The van der Waals surface area contributed by atoms with Crippen LogP contribution in [-0.4, -0.2) is 48.4 Å². The second kappa shape index (κ2) is 7.58. The number of likely N-dealkylation sites (tertiary alicyclic amines) is 1. The fourth-order valence-corrected chi connectivity index (χ4v) is 4.68. The molecule has 10 heteroatoms. The Morgan fingerprint density at radius 1 is 1.28 bits per heavy atom. The van der Waals surface area contributed by atoms with E-state index in [2.05, 4.69) is 14.5 Å². The predicted molar refractivity (Wildman–Crippen MR) is 103 cm³/mol. The van der Waals surface area contributed by atoms with Gasteiger partial charge in [0.25, 0.3) is 15.9 Å². The summed E-state index contributed by atoms with van der Waals surface area (Å²) in [7, 11) is -3.65. The zero-order valence-electron chi connectivity index (χ0n) is 16.2. The molecule has 3 heterocycles. The molecule has 0 saturated carbocycles. The van der Waals surface area contributed by atoms with Crippen LogP contribution in [0.4, 0.5) is 0 Å². The molecule has 2 aliphatic heterocycles. The Bertz CT molecular complexity index is 1050. The number of amidine groups is 1. The van der Waals surface area contributed by atoms with Crippen molar-refractivity contribution in [2.75, 3.05) is 13.1 Å². The van der Waals surface area contributed by atoms with Gasteiger partial charge in [0.15, 0.2) is 18.3 Å². The fourth-order valence-electron chi connectivity index (χ4n) is 3.46. The molecule has 29 heavy (non-hydrogen) atoms. The van der Waals surface area contributed by atoms with Crippen molar-refractivity contribution >= 4 is 21.8 Å². The van der Waals surface area contributed by atoms with E-state index in [-0.39, 0.29) is 35.2 Å². The van der Waals surface area contributed by atoms with Crippen molar-refractivity contribution in [1.82, 2.24) is 15.0 Å². The predicted octanol–water partition coefficient (Wildman–Crippen LogP) is 2.10. The van der Waals surface area contributed by atoms with E-state index in [1.807, 2.05) is 18.7 Å². The lowest BCUT2D eigenvalue weighted by Crippen LogP contribution is -2.40. The van der Waals surface area contributed by atoms with Gasteiger partial charge in [-0.2, -0.15) is 13.4 Å². The number of ether oxygens (including phenoxy) is 1. The summed E-state index contributed by atoms with van der Waals surface area (Å²) < 4.78 is 38.8. The number of benzene rings is 1. The molecular weight excluding hydrogens is 396 g/mol. The molecule has 1 aromatic carbocycles. The molecule has 1 fully saturated rings. The van der Waals surface area contributed by atoms with Crippen molar-refractivity contribution in [3.8, 4) is 0 Å². The molecule has 0 bridgehead atoms. The standard InChI is InChI=1S/C19H22N4O5S/c1-12(2)17-20-16(28-21-17)11-27-19(24)13-7-9-23(10-8-13)18-14-5-3-4-6-15(14)29(25,26)22-18/h3-6,12-13H,7-11H2,1-2H3. The number of hydrogen-bond donors (Lipinski definition) is 0. The maximum Gasteiger partial charge on any atom is 0.309 e. The largest absolute Gasteiger partial charge is 0.455 e. The highest BCUT2D eigenvalue weighted by molar-refractivity contribution is 7.90. The van der Waals surface area contributed by atoms with E-state index in [1.165, 1.54) is 0 Å². The van der Waals surface area contributed by atoms with Gasteiger partial charge in [-0.1, -0.05) is 31.1 Å². The van der Waals surface area contributed by atoms with Gasteiger partial charge < -0.3 is 14.2 Å². The Morgan fingerprint density at radius 2 is 2.00 bits per heavy atom. The quantitative estimate of drug-likeness (QED) is 0.693. The maximum absolute atomic E-state index is 12.4. The topological polar surface area (TPSA) is 115 Å². The Balaban J connectivity index is 1.34. The minimum Gasteiger partial charge on any atom is -0.455 e. The average molecular weight is 418 g/mol. The Hall–Kier alpha value is -2.75. The van der Waals surface area contributed by atoms with Crippen LogP contribution < -0.4 is 0 Å². The maximum atomic E-state index is 12.4. The molecule has 0 aliphatic carbocycles. The number of sulfonamides is 1. The highest BCUT2D eigenvalue weighted by Gasteiger charge is 2.34. The average Bonchev–Trinajstić information content (AvgIpc) is 3.29. The van der Waals surface area contributed by atoms with Crippen LogP contribution in [0.25, 0.3) is 0 Å². The van der Waals surface area contributed by atoms with Crippen LogP contribution in [0.5, 0.6) is 0 Å². The number of aromatic nitrogens is 2. The van der Waals surface area contributed by atoms with E-state index in [9.17, 15) is 13.2 Å². The number of carbonyl (C=O) groups is 1. The summed E-state index contributed by atoms with van der Waals surface area (Å²) in [5.74, 6) is 0.890. The lowest BCUT2D eigenvalue weighted by molar-refractivity contribution is -0.152. The van der Waals surface area contributed by atoms with Gasteiger partial charge in [-0.05, 0) is 25.0 Å². The molecule has 1 saturated heterocycles. The van der Waals surface area contributed by atoms with Crippen LogP contribution in [-0.2, 0) is 26.2 Å². The molecule has 9 nitrogen and oxygen atoms in total. The van der Waals surface area contributed by atoms with Crippen LogP contribution in [0.3, 0.4) is 0 Å². The van der Waals surface area contributed by atoms with Crippen molar-refractivity contribution in [3.63, 3.8) is 0 Å². The van der Waals surface area contributed by atoms with Gasteiger partial charge in [0.1, 0.15) is 4.90 Å². The van der Waals surface area contributed by atoms with E-state index < -0.39 is 10.0 Å². The van der Waals surface area contributed by atoms with Crippen LogP contribution in [0.15, 0.2) is 38.1 Å². The van der Waals surface area contributed by atoms with E-state index in [0.29, 0.717) is 43.2 Å². The minimum atomic E-state index is -3.65. The first-order valence-electron chi connectivity index (χ1n) is 9.53. The molecule has 1 aromatic heterocycles. The Kier molecular flexibility index (Phi) is 5.12. The number of esters is 1. The van der Waals surface area contributed by atoms with Crippen molar-refractivity contribution in [1.29, 1.82) is 0 Å². The summed E-state index contributed by atoms with van der Waals surface area (Å²) >= 11 is 0. The molecule has 0 spiro atoms. The summed E-state index contributed by atoms with van der Waals surface area (Å²) in [5, 5.41) is 3.84. The van der Waals surface area contributed by atoms with E-state index in [4.69, 9.17) is 9.26 Å². The molecule has 0 radical (unpaired) electrons. The Morgan fingerprint density at radius 3 is 2.69 bits per heavy atom. The van der Waals surface area contributed by atoms with Gasteiger partial charge in [-0.3, -0.25) is 4.79 Å². The van der Waals surface area contributed by atoms with Gasteiger partial charge in [0.2, 0.25) is 0 Å². The summed E-state index contributed by atoms with van der Waals surface area (Å²) in [6, 6.07) is 6.80. The number of piperidine rings is 1. The van der Waals surface area contributed by atoms with Crippen molar-refractivity contribution < 1.29 is 22.5 Å². The van der Waals surface area contributed by atoms with Crippen LogP contribution in [0, 0.1) is 5.92 Å². The molecule has 2 aliphatic rings. The minimum absolute atomic E-state index is 0.0445. The number of carbonyl (C=O) groups excluding carboxylic acids is 1. The molecule has 0 unspecified atom stereocenters. The van der Waals surface area contributed by atoms with Crippen molar-refractivity contribution in [2.24, 2.45) is 10.3 Å². The zero-order valence-corrected chi connectivity index (χ0v) is 17.1. The number of nitrogens with zero attached hydrogens (tertiary/aromatic N) is 4. The second-order valence-electron chi connectivity index (χ2n) is 7.46. The van der Waals surface area contributed by atoms with Crippen molar-refractivity contribution in [2.45, 2.75) is 44.1 Å². The lowest BCUT2D eigenvalue weighted by atomic mass is 9.96. The zero-order chi connectivity index (χ0) is 20.6. The smallest absolute Gasteiger partial charge is 0.309 e. The van der Waals surface area contributed by atoms with Crippen molar-refractivity contribution in [3.05, 3.63) is 41.5 Å².